The third-order valence-corrected chi connectivity index (χ3v) is 12.2. The number of methoxy groups -OCH3 is 1. The Kier molecular flexibility index (Phi) is 14.1. The normalized spacial score (nSPS) is 13.4. The van der Waals surface area contributed by atoms with E-state index in [2.05, 4.69) is 74.6 Å². The molecule has 21 heteroatoms. The molecule has 7 aromatic rings. The van der Waals surface area contributed by atoms with Gasteiger partial charge in [-0.15, -0.1) is 0 Å². The summed E-state index contributed by atoms with van der Waals surface area (Å²) < 4.78 is 37.6. The maximum Gasteiger partial charge on any atom is 0.252 e. The smallest absolute Gasteiger partial charge is 0.252 e. The molecule has 4 aromatic heterocycles. The van der Waals surface area contributed by atoms with Crippen molar-refractivity contribution in [3.63, 3.8) is 0 Å². The van der Waals surface area contributed by atoms with E-state index in [-0.39, 0.29) is 41.8 Å². The first-order valence-corrected chi connectivity index (χ1v) is 22.5. The summed E-state index contributed by atoms with van der Waals surface area (Å²) in [6.07, 6.45) is 5.06. The number of hydrogen-bond acceptors (Lipinski definition) is 15. The van der Waals surface area contributed by atoms with Crippen molar-refractivity contribution in [2.45, 2.75) is 6.54 Å². The van der Waals surface area contributed by atoms with E-state index >= 15 is 0 Å². The molecule has 0 aliphatic carbocycles. The number of hydrogen-bond donors (Lipinski definition) is 4. The fraction of sp³-hybridized carbons (Fsp3) is 0.298. The van der Waals surface area contributed by atoms with Crippen LogP contribution in [0.4, 0.5) is 43.7 Å². The summed E-state index contributed by atoms with van der Waals surface area (Å²) in [5.41, 5.74) is 10.5. The highest BCUT2D eigenvalue weighted by molar-refractivity contribution is 9.15. The molecule has 5 N–H and O–H groups in total. The number of piperazine rings is 1. The van der Waals surface area contributed by atoms with Crippen LogP contribution in [0.25, 0.3) is 37.7 Å². The highest BCUT2D eigenvalue weighted by Gasteiger charge is 2.26. The zero-order chi connectivity index (χ0) is 48.2. The van der Waals surface area contributed by atoms with E-state index in [4.69, 9.17) is 30.4 Å². The maximum absolute atomic E-state index is 14.9. The van der Waals surface area contributed by atoms with Gasteiger partial charge < -0.3 is 55.2 Å². The first-order valence-electron chi connectivity index (χ1n) is 21.8. The highest BCUT2D eigenvalue weighted by Crippen LogP contribution is 2.39. The summed E-state index contributed by atoms with van der Waals surface area (Å²) in [4.78, 5) is 55.8. The van der Waals surface area contributed by atoms with Crippen molar-refractivity contribution in [2.24, 2.45) is 12.8 Å². The monoisotopic (exact) mass is 990 g/mol. The summed E-state index contributed by atoms with van der Waals surface area (Å²) in [5, 5.41) is 7.49. The van der Waals surface area contributed by atoms with Gasteiger partial charge in [0.05, 0.1) is 53.0 Å². The molecule has 354 valence electrons. The predicted octanol–water partition coefficient (Wildman–Crippen LogP) is 6.33. The fourth-order valence-corrected chi connectivity index (χ4v) is 7.99. The van der Waals surface area contributed by atoms with Gasteiger partial charge in [-0.25, -0.2) is 23.7 Å². The van der Waals surface area contributed by atoms with Crippen LogP contribution in [0.15, 0.2) is 85.3 Å². The lowest BCUT2D eigenvalue weighted by molar-refractivity contribution is -0.112. The molecule has 68 heavy (non-hydrogen) atoms. The van der Waals surface area contributed by atoms with E-state index in [1.165, 1.54) is 12.3 Å². The average Bonchev–Trinajstić information content (AvgIpc) is 3.92. The number of ether oxygens (including phenoxy) is 1. The van der Waals surface area contributed by atoms with Gasteiger partial charge in [-0.1, -0.05) is 24.8 Å². The zero-order valence-electron chi connectivity index (χ0n) is 38.7. The minimum Gasteiger partial charge on any atom is -0.494 e. The molecule has 0 atom stereocenters. The van der Waals surface area contributed by atoms with Crippen LogP contribution >= 0.6 is 15.9 Å². The van der Waals surface area contributed by atoms with Crippen molar-refractivity contribution in [2.75, 3.05) is 106 Å². The number of carbonyl (C=O) groups excluding carboxylic acids is 1. The van der Waals surface area contributed by atoms with Crippen LogP contribution in [-0.2, 0) is 18.4 Å². The number of aromatic amines is 1. The van der Waals surface area contributed by atoms with Crippen LogP contribution in [-0.4, -0.2) is 136 Å². The number of para-hydroxylation sites is 1. The SMILES string of the molecule is C=C(CN(Cc1nc2c(F)c(F)ccc2[nH]1)c1nc(/C(Br)=C\N)nc(N2CCN(C)CC2)n1)C(=O)Nc1cc(Nc2nccc(-c3cn(C)c4ccccc34)n2)c(OC)cc1N(C)CCN(C)C. The maximum atomic E-state index is 14.9. The number of rotatable bonds is 17. The number of carbonyl (C=O) groups is 1. The number of nitrogens with zero attached hydrogens (tertiary/aromatic N) is 12. The molecule has 0 bridgehead atoms. The molecule has 0 radical (unpaired) electrons. The largest absolute Gasteiger partial charge is 0.494 e. The fourth-order valence-electron chi connectivity index (χ4n) is 7.82. The molecule has 1 aliphatic heterocycles. The molecule has 0 unspecified atom stereocenters. The van der Waals surface area contributed by atoms with Gasteiger partial charge in [-0.3, -0.25) is 4.79 Å². The molecule has 1 aliphatic rings. The Hall–Kier alpha value is -7.23. The van der Waals surface area contributed by atoms with Crippen LogP contribution in [0.5, 0.6) is 5.75 Å². The Morgan fingerprint density at radius 2 is 1.76 bits per heavy atom. The third kappa shape index (κ3) is 10.3. The lowest BCUT2D eigenvalue weighted by atomic mass is 10.1. The van der Waals surface area contributed by atoms with Crippen molar-refractivity contribution in [1.29, 1.82) is 0 Å². The van der Waals surface area contributed by atoms with E-state index in [0.717, 1.165) is 47.9 Å². The Morgan fingerprint density at radius 1 is 0.985 bits per heavy atom. The number of likely N-dealkylation sites (N-methyl/N-ethyl adjacent to an activating group) is 3. The quantitative estimate of drug-likeness (QED) is 0.0741. The number of imidazole rings is 1. The van der Waals surface area contributed by atoms with E-state index in [0.29, 0.717) is 64.3 Å². The zero-order valence-corrected chi connectivity index (χ0v) is 40.3. The van der Waals surface area contributed by atoms with Gasteiger partial charge in [0.2, 0.25) is 17.8 Å². The number of fused-ring (bicyclic) bond motifs is 2. The first-order chi connectivity index (χ1) is 32.7. The third-order valence-electron chi connectivity index (χ3n) is 11.6. The second-order valence-corrected chi connectivity index (χ2v) is 17.6. The van der Waals surface area contributed by atoms with Crippen LogP contribution in [0, 0.1) is 11.6 Å². The molecule has 1 saturated heterocycles. The molecule has 8 rings (SSSR count). The number of nitrogens with one attached hydrogen (secondary N) is 3. The minimum atomic E-state index is -1.08. The van der Waals surface area contributed by atoms with E-state index in [1.54, 1.807) is 24.3 Å². The predicted molar refractivity (Wildman–Crippen MR) is 268 cm³/mol. The number of nitrogens with two attached hydrogens (primary N) is 1. The number of aryl methyl sites for hydroxylation is 1. The Morgan fingerprint density at radius 3 is 2.51 bits per heavy atom. The van der Waals surface area contributed by atoms with Crippen molar-refractivity contribution in [3.05, 3.63) is 109 Å². The van der Waals surface area contributed by atoms with Crippen LogP contribution < -0.4 is 35.8 Å². The molecule has 1 amide bonds. The molecule has 0 spiro atoms. The van der Waals surface area contributed by atoms with Gasteiger partial charge in [0.25, 0.3) is 5.91 Å². The van der Waals surface area contributed by atoms with Gasteiger partial charge >= 0.3 is 0 Å². The number of halogens is 3. The average molecular weight is 992 g/mol. The lowest BCUT2D eigenvalue weighted by Crippen LogP contribution is -2.45. The molecule has 0 saturated carbocycles. The summed E-state index contributed by atoms with van der Waals surface area (Å²) in [5.74, 6) is -0.758. The molecule has 1 fully saturated rings. The lowest BCUT2D eigenvalue weighted by Gasteiger charge is -2.33. The molecular weight excluding hydrogens is 939 g/mol. The van der Waals surface area contributed by atoms with Crippen LogP contribution in [0.3, 0.4) is 0 Å². The van der Waals surface area contributed by atoms with Gasteiger partial charge in [0.15, 0.2) is 17.5 Å². The summed E-state index contributed by atoms with van der Waals surface area (Å²) in [6, 6.07) is 16.0. The van der Waals surface area contributed by atoms with Crippen molar-refractivity contribution < 1.29 is 18.3 Å². The van der Waals surface area contributed by atoms with Crippen molar-refractivity contribution >= 4 is 83.2 Å². The number of H-pyrrole nitrogens is 1. The van der Waals surface area contributed by atoms with Gasteiger partial charge in [-0.2, -0.15) is 15.0 Å². The van der Waals surface area contributed by atoms with Gasteiger partial charge in [-0.05, 0) is 67.4 Å². The Bertz CT molecular complexity index is 3020. The second kappa shape index (κ2) is 20.3. The first kappa shape index (κ1) is 47.3. The Balaban J connectivity index is 1.13. The summed E-state index contributed by atoms with van der Waals surface area (Å²) in [7, 11) is 11.5. The number of amides is 1. The Labute approximate surface area is 400 Å². The highest BCUT2D eigenvalue weighted by atomic mass is 79.9. The van der Waals surface area contributed by atoms with E-state index in [9.17, 15) is 13.6 Å². The van der Waals surface area contributed by atoms with Crippen molar-refractivity contribution in [3.8, 4) is 17.0 Å². The number of benzene rings is 3. The van der Waals surface area contributed by atoms with Crippen LogP contribution in [0.2, 0.25) is 0 Å². The van der Waals surface area contributed by atoms with Crippen molar-refractivity contribution in [1.82, 2.24) is 49.3 Å². The van der Waals surface area contributed by atoms with Gasteiger partial charge in [0, 0.05) is 100 Å². The molecular formula is C47H53BrF2N16O2. The number of aromatic nitrogens is 8. The topological polar surface area (TPSA) is 191 Å². The molecule has 5 heterocycles. The standard InChI is InChI=1S/C47H53BrF2N16O2/c1-28(25-66(27-40-53-34-13-12-32(49)41(50)42(34)57-40)47-59-43(31(48)24-51)58-46(60-47)65-20-17-62(4)18-21-65)44(67)54-35-22-36(39(68-7)23-38(35)63(5)19-16-61(2)3)56-45-52-15-14-33(55-45)30-26-64(6)37-11-9-8-10-29(30)37/h8-15,22-24,26H,1,16-21,25,27,51H2,2-7H3,(H,53,57)(H,54,67)(H,52,55,56)/b31-24+. The minimum absolute atomic E-state index is 0.0649. The van der Waals surface area contributed by atoms with Crippen LogP contribution in [0.1, 0.15) is 11.6 Å². The summed E-state index contributed by atoms with van der Waals surface area (Å²) >= 11 is 3.48. The second-order valence-electron chi connectivity index (χ2n) is 16.8. The van der Waals surface area contributed by atoms with E-state index in [1.807, 2.05) is 75.5 Å². The van der Waals surface area contributed by atoms with E-state index < -0.39 is 17.5 Å². The number of anilines is 6. The summed E-state index contributed by atoms with van der Waals surface area (Å²) in [6.45, 7) is 8.25. The molecule has 3 aromatic carbocycles. The van der Waals surface area contributed by atoms with Gasteiger partial charge in [0.1, 0.15) is 17.1 Å². The molecule has 18 nitrogen and oxygen atoms in total.